The SMILES string of the molecule is c1cncc(CN2CCC3(CC2)CO[C@H](COc2cccnc2)C3)c1. The van der Waals surface area contributed by atoms with Gasteiger partial charge in [0.15, 0.2) is 0 Å². The van der Waals surface area contributed by atoms with Crippen molar-refractivity contribution in [2.45, 2.75) is 31.9 Å². The Hall–Kier alpha value is -1.98. The lowest BCUT2D eigenvalue weighted by Gasteiger charge is -2.38. The number of hydrogen-bond acceptors (Lipinski definition) is 5. The second-order valence-corrected chi connectivity index (χ2v) is 7.27. The average Bonchev–Trinajstić information content (AvgIpc) is 3.07. The standard InChI is InChI=1S/C20H25N3O2/c1-3-17(12-21-7-1)14-23-9-5-20(6-10-23)11-19(25-16-20)15-24-18-4-2-8-22-13-18/h1-4,7-8,12-13,19H,5-6,9-11,14-16H2/t19-/m0/s1. The number of likely N-dealkylation sites (tertiary alicyclic amines) is 1. The number of nitrogens with zero attached hydrogens (tertiary/aromatic N) is 3. The third-order valence-corrected chi connectivity index (χ3v) is 5.40. The highest BCUT2D eigenvalue weighted by Crippen LogP contribution is 2.42. The molecule has 2 aliphatic rings. The Kier molecular flexibility index (Phi) is 4.95. The molecule has 1 spiro atoms. The van der Waals surface area contributed by atoms with E-state index in [1.54, 1.807) is 12.4 Å². The van der Waals surface area contributed by atoms with Crippen LogP contribution >= 0.6 is 0 Å². The van der Waals surface area contributed by atoms with Gasteiger partial charge in [-0.05, 0) is 61.5 Å². The van der Waals surface area contributed by atoms with Crippen LogP contribution in [0.3, 0.4) is 0 Å². The summed E-state index contributed by atoms with van der Waals surface area (Å²) in [7, 11) is 0. The van der Waals surface area contributed by atoms with E-state index < -0.39 is 0 Å². The van der Waals surface area contributed by atoms with Crippen LogP contribution in [0, 0.1) is 5.41 Å². The van der Waals surface area contributed by atoms with E-state index in [-0.39, 0.29) is 6.10 Å². The molecule has 0 saturated carbocycles. The molecule has 0 N–H and O–H groups in total. The molecule has 4 heterocycles. The summed E-state index contributed by atoms with van der Waals surface area (Å²) in [5.74, 6) is 0.818. The predicted octanol–water partition coefficient (Wildman–Crippen LogP) is 2.93. The van der Waals surface area contributed by atoms with Gasteiger partial charge in [-0.1, -0.05) is 6.07 Å². The Morgan fingerprint density at radius 2 is 1.92 bits per heavy atom. The van der Waals surface area contributed by atoms with Gasteiger partial charge in [0.05, 0.1) is 18.9 Å². The summed E-state index contributed by atoms with van der Waals surface area (Å²) >= 11 is 0. The Morgan fingerprint density at radius 1 is 1.12 bits per heavy atom. The van der Waals surface area contributed by atoms with Crippen molar-refractivity contribution < 1.29 is 9.47 Å². The minimum absolute atomic E-state index is 0.199. The zero-order chi connectivity index (χ0) is 17.0. The minimum Gasteiger partial charge on any atom is -0.489 e. The van der Waals surface area contributed by atoms with Crippen molar-refractivity contribution in [1.29, 1.82) is 0 Å². The lowest BCUT2D eigenvalue weighted by Crippen LogP contribution is -2.40. The van der Waals surface area contributed by atoms with Crippen LogP contribution in [0.25, 0.3) is 0 Å². The molecule has 0 unspecified atom stereocenters. The molecular formula is C20H25N3O2. The zero-order valence-electron chi connectivity index (χ0n) is 14.5. The molecule has 2 fully saturated rings. The van der Waals surface area contributed by atoms with Crippen molar-refractivity contribution in [3.63, 3.8) is 0 Å². The summed E-state index contributed by atoms with van der Waals surface area (Å²) in [6.45, 7) is 4.75. The maximum absolute atomic E-state index is 6.05. The van der Waals surface area contributed by atoms with E-state index in [1.165, 1.54) is 18.4 Å². The Morgan fingerprint density at radius 3 is 2.64 bits per heavy atom. The summed E-state index contributed by atoms with van der Waals surface area (Å²) in [5, 5.41) is 0. The summed E-state index contributed by atoms with van der Waals surface area (Å²) < 4.78 is 11.9. The molecule has 0 radical (unpaired) electrons. The van der Waals surface area contributed by atoms with E-state index in [4.69, 9.17) is 9.47 Å². The number of rotatable bonds is 5. The first-order chi connectivity index (χ1) is 12.3. The van der Waals surface area contributed by atoms with Gasteiger partial charge in [-0.15, -0.1) is 0 Å². The van der Waals surface area contributed by atoms with E-state index in [1.807, 2.05) is 30.6 Å². The van der Waals surface area contributed by atoms with Crippen molar-refractivity contribution in [3.8, 4) is 5.75 Å². The third-order valence-electron chi connectivity index (χ3n) is 5.40. The molecule has 132 valence electrons. The molecule has 0 aromatic carbocycles. The van der Waals surface area contributed by atoms with Crippen LogP contribution in [0.1, 0.15) is 24.8 Å². The van der Waals surface area contributed by atoms with Crippen LogP contribution in [0.5, 0.6) is 5.75 Å². The Bertz CT molecular complexity index is 657. The molecule has 5 nitrogen and oxygen atoms in total. The van der Waals surface area contributed by atoms with E-state index in [9.17, 15) is 0 Å². The molecule has 2 aromatic heterocycles. The fraction of sp³-hybridized carbons (Fsp3) is 0.500. The largest absolute Gasteiger partial charge is 0.489 e. The normalized spacial score (nSPS) is 23.0. The maximum atomic E-state index is 6.05. The number of hydrogen-bond donors (Lipinski definition) is 0. The van der Waals surface area contributed by atoms with Gasteiger partial charge in [0.25, 0.3) is 0 Å². The highest BCUT2D eigenvalue weighted by molar-refractivity contribution is 5.15. The number of pyridine rings is 2. The topological polar surface area (TPSA) is 47.5 Å². The predicted molar refractivity (Wildman–Crippen MR) is 95.3 cm³/mol. The molecular weight excluding hydrogens is 314 g/mol. The van der Waals surface area contributed by atoms with E-state index >= 15 is 0 Å². The van der Waals surface area contributed by atoms with Crippen LogP contribution in [-0.2, 0) is 11.3 Å². The van der Waals surface area contributed by atoms with Gasteiger partial charge in [0, 0.05) is 25.1 Å². The second kappa shape index (κ2) is 7.50. The van der Waals surface area contributed by atoms with Crippen LogP contribution in [0.2, 0.25) is 0 Å². The lowest BCUT2D eigenvalue weighted by molar-refractivity contribution is 0.0470. The minimum atomic E-state index is 0.199. The third kappa shape index (κ3) is 4.17. The van der Waals surface area contributed by atoms with E-state index in [0.717, 1.165) is 38.4 Å². The number of ether oxygens (including phenoxy) is 2. The molecule has 2 saturated heterocycles. The van der Waals surface area contributed by atoms with Gasteiger partial charge in [-0.3, -0.25) is 14.9 Å². The van der Waals surface area contributed by atoms with Gasteiger partial charge in [0.2, 0.25) is 0 Å². The Balaban J connectivity index is 1.24. The quantitative estimate of drug-likeness (QED) is 0.838. The second-order valence-electron chi connectivity index (χ2n) is 7.27. The zero-order valence-corrected chi connectivity index (χ0v) is 14.5. The van der Waals surface area contributed by atoms with E-state index in [0.29, 0.717) is 12.0 Å². The van der Waals surface area contributed by atoms with Crippen LogP contribution in [0.4, 0.5) is 0 Å². The molecule has 1 atom stereocenters. The van der Waals surface area contributed by atoms with Crippen molar-refractivity contribution in [1.82, 2.24) is 14.9 Å². The monoisotopic (exact) mass is 339 g/mol. The average molecular weight is 339 g/mol. The fourth-order valence-electron chi connectivity index (χ4n) is 3.91. The van der Waals surface area contributed by atoms with Gasteiger partial charge < -0.3 is 9.47 Å². The molecule has 0 amide bonds. The molecule has 25 heavy (non-hydrogen) atoms. The number of aromatic nitrogens is 2. The van der Waals surface area contributed by atoms with Crippen LogP contribution < -0.4 is 4.74 Å². The maximum Gasteiger partial charge on any atom is 0.137 e. The molecule has 0 aliphatic carbocycles. The highest BCUT2D eigenvalue weighted by Gasteiger charge is 2.42. The molecule has 2 aromatic rings. The molecule has 4 rings (SSSR count). The van der Waals surface area contributed by atoms with Crippen molar-refractivity contribution in [3.05, 3.63) is 54.6 Å². The first-order valence-corrected chi connectivity index (χ1v) is 9.07. The highest BCUT2D eigenvalue weighted by atomic mass is 16.5. The van der Waals surface area contributed by atoms with Crippen LogP contribution in [-0.4, -0.2) is 47.3 Å². The van der Waals surface area contributed by atoms with Crippen LogP contribution in [0.15, 0.2) is 49.1 Å². The van der Waals surface area contributed by atoms with Crippen molar-refractivity contribution in [2.75, 3.05) is 26.3 Å². The lowest BCUT2D eigenvalue weighted by atomic mass is 9.76. The van der Waals surface area contributed by atoms with Gasteiger partial charge in [0.1, 0.15) is 12.4 Å². The molecule has 2 aliphatic heterocycles. The molecule has 0 bridgehead atoms. The van der Waals surface area contributed by atoms with Gasteiger partial charge >= 0.3 is 0 Å². The fourth-order valence-corrected chi connectivity index (χ4v) is 3.91. The molecule has 5 heteroatoms. The number of piperidine rings is 1. The van der Waals surface area contributed by atoms with E-state index in [2.05, 4.69) is 20.9 Å². The summed E-state index contributed by atoms with van der Waals surface area (Å²) in [6.07, 6.45) is 11.0. The first kappa shape index (κ1) is 16.5. The van der Waals surface area contributed by atoms with Gasteiger partial charge in [-0.2, -0.15) is 0 Å². The van der Waals surface area contributed by atoms with Crippen molar-refractivity contribution >= 4 is 0 Å². The van der Waals surface area contributed by atoms with Crippen molar-refractivity contribution in [2.24, 2.45) is 5.41 Å². The summed E-state index contributed by atoms with van der Waals surface area (Å²) in [5.41, 5.74) is 1.64. The van der Waals surface area contributed by atoms with Gasteiger partial charge in [-0.25, -0.2) is 0 Å². The Labute approximate surface area is 149 Å². The summed E-state index contributed by atoms with van der Waals surface area (Å²) in [4.78, 5) is 10.8. The summed E-state index contributed by atoms with van der Waals surface area (Å²) in [6, 6.07) is 8.00. The first-order valence-electron chi connectivity index (χ1n) is 9.07. The smallest absolute Gasteiger partial charge is 0.137 e.